The molecule has 0 radical (unpaired) electrons. The Hall–Kier alpha value is -2.04. The Morgan fingerprint density at radius 3 is 2.29 bits per heavy atom. The maximum absolute atomic E-state index is 14.3. The zero-order valence-corrected chi connectivity index (χ0v) is 18.4. The minimum Gasteiger partial charge on any atom is -0.493 e. The SMILES string of the molecule is O=C(NC1CC(F)(F)C1)c1c(F)cc(OCC[C@@H]2C[C@@H]2C2CCN(CC(F)(F)F)CC2)cc1F. The first-order chi connectivity index (χ1) is 15.9. The molecule has 1 heterocycles. The van der Waals surface area contributed by atoms with Crippen LogP contribution >= 0.6 is 0 Å². The van der Waals surface area contributed by atoms with E-state index in [4.69, 9.17) is 4.74 Å². The summed E-state index contributed by atoms with van der Waals surface area (Å²) in [7, 11) is 0. The van der Waals surface area contributed by atoms with Gasteiger partial charge in [0, 0.05) is 31.0 Å². The van der Waals surface area contributed by atoms with E-state index in [-0.39, 0.29) is 12.4 Å². The molecule has 1 amide bonds. The zero-order chi connectivity index (χ0) is 24.7. The topological polar surface area (TPSA) is 41.6 Å². The van der Waals surface area contributed by atoms with E-state index in [1.165, 1.54) is 4.90 Å². The molecule has 1 N–H and O–H groups in total. The van der Waals surface area contributed by atoms with Gasteiger partial charge in [-0.25, -0.2) is 17.6 Å². The second kappa shape index (κ2) is 9.54. The van der Waals surface area contributed by atoms with Crippen LogP contribution in [-0.4, -0.2) is 55.2 Å². The number of halogens is 7. The molecule has 11 heteroatoms. The summed E-state index contributed by atoms with van der Waals surface area (Å²) in [6, 6.07) is 0.975. The molecule has 3 fully saturated rings. The fourth-order valence-electron chi connectivity index (χ4n) is 5.17. The number of nitrogens with one attached hydrogen (secondary N) is 1. The van der Waals surface area contributed by atoms with Crippen molar-refractivity contribution in [3.8, 4) is 5.75 Å². The van der Waals surface area contributed by atoms with Gasteiger partial charge in [-0.15, -0.1) is 0 Å². The van der Waals surface area contributed by atoms with Crippen molar-refractivity contribution in [2.75, 3.05) is 26.2 Å². The highest BCUT2D eigenvalue weighted by atomic mass is 19.4. The summed E-state index contributed by atoms with van der Waals surface area (Å²) in [4.78, 5) is 13.5. The third-order valence-corrected chi connectivity index (χ3v) is 7.04. The van der Waals surface area contributed by atoms with E-state index in [0.717, 1.165) is 31.4 Å². The van der Waals surface area contributed by atoms with Crippen LogP contribution in [0.2, 0.25) is 0 Å². The number of hydrogen-bond acceptors (Lipinski definition) is 3. The number of ether oxygens (including phenoxy) is 1. The summed E-state index contributed by atoms with van der Waals surface area (Å²) < 4.78 is 97.4. The van der Waals surface area contributed by atoms with Gasteiger partial charge in [0.05, 0.1) is 13.2 Å². The first kappa shape index (κ1) is 25.1. The Morgan fingerprint density at radius 1 is 1.12 bits per heavy atom. The molecule has 34 heavy (non-hydrogen) atoms. The van der Waals surface area contributed by atoms with Gasteiger partial charge in [-0.3, -0.25) is 9.69 Å². The lowest BCUT2D eigenvalue weighted by Gasteiger charge is -2.35. The molecular weight excluding hydrogens is 469 g/mol. The fraction of sp³-hybridized carbons (Fsp3) is 0.696. The van der Waals surface area contributed by atoms with Crippen molar-refractivity contribution in [2.45, 2.75) is 56.7 Å². The van der Waals surface area contributed by atoms with Crippen LogP contribution in [0.5, 0.6) is 5.75 Å². The maximum Gasteiger partial charge on any atom is 0.401 e. The van der Waals surface area contributed by atoms with E-state index >= 15 is 0 Å². The molecule has 0 unspecified atom stereocenters. The van der Waals surface area contributed by atoms with Gasteiger partial charge in [-0.2, -0.15) is 13.2 Å². The van der Waals surface area contributed by atoms with Crippen molar-refractivity contribution >= 4 is 5.91 Å². The van der Waals surface area contributed by atoms with E-state index in [9.17, 15) is 35.5 Å². The van der Waals surface area contributed by atoms with Crippen molar-refractivity contribution in [1.29, 1.82) is 0 Å². The summed E-state index contributed by atoms with van der Waals surface area (Å²) in [5.74, 6) is -5.07. The summed E-state index contributed by atoms with van der Waals surface area (Å²) in [6.07, 6.45) is -2.20. The average Bonchev–Trinajstić information content (AvgIpc) is 3.45. The van der Waals surface area contributed by atoms with Crippen molar-refractivity contribution < 1.29 is 40.3 Å². The minimum atomic E-state index is -4.18. The van der Waals surface area contributed by atoms with Crippen LogP contribution in [0.15, 0.2) is 12.1 Å². The first-order valence-electron chi connectivity index (χ1n) is 11.5. The molecule has 2 aliphatic carbocycles. The molecule has 4 rings (SSSR count). The monoisotopic (exact) mass is 496 g/mol. The van der Waals surface area contributed by atoms with Crippen molar-refractivity contribution in [1.82, 2.24) is 10.2 Å². The van der Waals surface area contributed by atoms with Crippen LogP contribution in [0.25, 0.3) is 0 Å². The third kappa shape index (κ3) is 6.34. The van der Waals surface area contributed by atoms with Gasteiger partial charge < -0.3 is 10.1 Å². The normalized spacial score (nSPS) is 25.6. The van der Waals surface area contributed by atoms with E-state index in [0.29, 0.717) is 37.3 Å². The number of hydrogen-bond donors (Lipinski definition) is 1. The summed E-state index contributed by atoms with van der Waals surface area (Å²) >= 11 is 0. The van der Waals surface area contributed by atoms with E-state index in [1.54, 1.807) is 0 Å². The van der Waals surface area contributed by atoms with Gasteiger partial charge in [0.2, 0.25) is 0 Å². The van der Waals surface area contributed by atoms with Crippen LogP contribution in [0.3, 0.4) is 0 Å². The van der Waals surface area contributed by atoms with Crippen molar-refractivity contribution in [3.05, 3.63) is 29.3 Å². The highest BCUT2D eigenvalue weighted by Gasteiger charge is 2.46. The Morgan fingerprint density at radius 2 is 1.74 bits per heavy atom. The van der Waals surface area contributed by atoms with Crippen molar-refractivity contribution in [3.63, 3.8) is 0 Å². The highest BCUT2D eigenvalue weighted by Crippen LogP contribution is 2.50. The van der Waals surface area contributed by atoms with Gasteiger partial charge in [-0.05, 0) is 56.5 Å². The lowest BCUT2D eigenvalue weighted by Crippen LogP contribution is -2.50. The van der Waals surface area contributed by atoms with Gasteiger partial charge >= 0.3 is 6.18 Å². The zero-order valence-electron chi connectivity index (χ0n) is 18.4. The Labute approximate surface area is 192 Å². The number of rotatable bonds is 8. The highest BCUT2D eigenvalue weighted by molar-refractivity contribution is 5.95. The number of alkyl halides is 5. The smallest absolute Gasteiger partial charge is 0.401 e. The van der Waals surface area contributed by atoms with Gasteiger partial charge in [-0.1, -0.05) is 0 Å². The number of benzene rings is 1. The molecule has 2 atom stereocenters. The standard InChI is InChI=1S/C23H27F7N2O2/c24-18-8-16(9-19(25)20(18)21(33)31-15-10-22(26,27)11-15)34-6-3-14-7-17(14)13-1-4-32(5-2-13)12-23(28,29)30/h8-9,13-15,17H,1-7,10-12H2,(H,31,33)/t14-,17-/m1/s1. The number of nitrogens with zero attached hydrogens (tertiary/aromatic N) is 1. The molecule has 0 bridgehead atoms. The molecule has 4 nitrogen and oxygen atoms in total. The Balaban J connectivity index is 1.19. The van der Waals surface area contributed by atoms with Crippen LogP contribution in [-0.2, 0) is 0 Å². The lowest BCUT2D eigenvalue weighted by molar-refractivity contribution is -0.148. The minimum absolute atomic E-state index is 0.0700. The molecule has 3 aliphatic rings. The van der Waals surface area contributed by atoms with Crippen LogP contribution < -0.4 is 10.1 Å². The van der Waals surface area contributed by atoms with E-state index in [1.807, 2.05) is 0 Å². The van der Waals surface area contributed by atoms with Crippen LogP contribution in [0.4, 0.5) is 30.7 Å². The molecular formula is C23H27F7N2O2. The molecule has 0 aromatic heterocycles. The summed E-state index contributed by atoms with van der Waals surface area (Å²) in [5.41, 5.74) is -0.832. The molecule has 1 aromatic carbocycles. The summed E-state index contributed by atoms with van der Waals surface area (Å²) in [5, 5.41) is 2.21. The largest absolute Gasteiger partial charge is 0.493 e. The number of carbonyl (C=O) groups is 1. The van der Waals surface area contributed by atoms with Gasteiger partial charge in [0.25, 0.3) is 11.8 Å². The molecule has 1 aromatic rings. The van der Waals surface area contributed by atoms with E-state index in [2.05, 4.69) is 5.32 Å². The fourth-order valence-corrected chi connectivity index (χ4v) is 5.17. The second-order valence-electron chi connectivity index (χ2n) is 9.72. The predicted molar refractivity (Wildman–Crippen MR) is 109 cm³/mol. The van der Waals surface area contributed by atoms with Crippen molar-refractivity contribution in [2.24, 2.45) is 17.8 Å². The Bertz CT molecular complexity index is 869. The molecule has 190 valence electrons. The molecule has 0 spiro atoms. The number of likely N-dealkylation sites (tertiary alicyclic amines) is 1. The molecule has 1 aliphatic heterocycles. The van der Waals surface area contributed by atoms with E-state index < -0.39 is 60.6 Å². The van der Waals surface area contributed by atoms with Gasteiger partial charge in [0.1, 0.15) is 22.9 Å². The predicted octanol–water partition coefficient (Wildman–Crippen LogP) is 5.17. The summed E-state index contributed by atoms with van der Waals surface area (Å²) in [6.45, 7) is 0.221. The quantitative estimate of drug-likeness (QED) is 0.505. The lowest BCUT2D eigenvalue weighted by atomic mass is 9.88. The molecule has 2 saturated carbocycles. The molecule has 1 saturated heterocycles. The maximum atomic E-state index is 14.3. The second-order valence-corrected chi connectivity index (χ2v) is 9.72. The van der Waals surface area contributed by atoms with Crippen LogP contribution in [0.1, 0.15) is 48.9 Å². The van der Waals surface area contributed by atoms with Crippen LogP contribution in [0, 0.1) is 29.4 Å². The Kier molecular flexibility index (Phi) is 7.04. The number of piperidine rings is 1. The average molecular weight is 496 g/mol. The number of amides is 1. The van der Waals surface area contributed by atoms with Gasteiger partial charge in [0.15, 0.2) is 0 Å². The number of carbonyl (C=O) groups excluding carboxylic acids is 1. The third-order valence-electron chi connectivity index (χ3n) is 7.04. The first-order valence-corrected chi connectivity index (χ1v) is 11.5.